The minimum absolute atomic E-state index is 0.0593. The van der Waals surface area contributed by atoms with Crippen LogP contribution in [-0.4, -0.2) is 78.0 Å². The normalized spacial score (nSPS) is 17.7. The van der Waals surface area contributed by atoms with Gasteiger partial charge in [-0.05, 0) is 45.2 Å². The molecule has 2 aliphatic heterocycles. The average molecular weight is 423 g/mol. The number of benzene rings is 1. The summed E-state index contributed by atoms with van der Waals surface area (Å²) in [6, 6.07) is 1.69. The monoisotopic (exact) mass is 423 g/mol. The summed E-state index contributed by atoms with van der Waals surface area (Å²) in [5.41, 5.74) is -1.05. The Labute approximate surface area is 174 Å². The van der Waals surface area contributed by atoms with Crippen molar-refractivity contribution in [3.63, 3.8) is 0 Å². The van der Waals surface area contributed by atoms with Crippen LogP contribution in [0.4, 0.5) is 13.6 Å². The number of halogens is 2. The Morgan fingerprint density at radius 2 is 1.67 bits per heavy atom. The molecule has 164 valence electrons. The Hall–Kier alpha value is -2.71. The number of amides is 3. The van der Waals surface area contributed by atoms with E-state index in [1.165, 1.54) is 9.80 Å². The molecule has 1 aromatic carbocycles. The summed E-state index contributed by atoms with van der Waals surface area (Å²) < 4.78 is 34.3. The molecule has 0 radical (unpaired) electrons. The van der Waals surface area contributed by atoms with E-state index in [0.29, 0.717) is 39.1 Å². The Bertz CT molecular complexity index is 821. The molecule has 0 N–H and O–H groups in total. The van der Waals surface area contributed by atoms with Gasteiger partial charge in [0, 0.05) is 38.8 Å². The number of nitrogens with zero attached hydrogens (tertiary/aromatic N) is 3. The third kappa shape index (κ3) is 4.24. The number of hydrogen-bond acceptors (Lipinski definition) is 4. The van der Waals surface area contributed by atoms with Crippen molar-refractivity contribution in [1.82, 2.24) is 14.7 Å². The summed E-state index contributed by atoms with van der Waals surface area (Å²) >= 11 is 0. The molecule has 1 aromatic rings. The molecule has 0 aliphatic carbocycles. The molecule has 0 atom stereocenters. The Kier molecular flexibility index (Phi) is 6.89. The van der Waals surface area contributed by atoms with Crippen molar-refractivity contribution in [1.29, 1.82) is 0 Å². The highest BCUT2D eigenvalue weighted by atomic mass is 19.1. The van der Waals surface area contributed by atoms with Crippen LogP contribution in [0.1, 0.15) is 53.8 Å². The van der Waals surface area contributed by atoms with Crippen LogP contribution in [-0.2, 0) is 4.74 Å². The second kappa shape index (κ2) is 9.40. The maximum Gasteiger partial charge on any atom is 0.410 e. The highest BCUT2D eigenvalue weighted by molar-refractivity contribution is 6.07. The van der Waals surface area contributed by atoms with Gasteiger partial charge in [0.1, 0.15) is 11.6 Å². The lowest BCUT2D eigenvalue weighted by Crippen LogP contribution is -2.51. The van der Waals surface area contributed by atoms with Gasteiger partial charge in [-0.1, -0.05) is 0 Å². The molecular weight excluding hydrogens is 396 g/mol. The van der Waals surface area contributed by atoms with Crippen molar-refractivity contribution in [2.75, 3.05) is 39.3 Å². The predicted octanol–water partition coefficient (Wildman–Crippen LogP) is 2.89. The third-order valence-corrected chi connectivity index (χ3v) is 5.78. The summed E-state index contributed by atoms with van der Waals surface area (Å²) in [5, 5.41) is 0. The molecule has 0 saturated carbocycles. The molecule has 0 bridgehead atoms. The van der Waals surface area contributed by atoms with Gasteiger partial charge in [0.05, 0.1) is 17.7 Å². The summed E-state index contributed by atoms with van der Waals surface area (Å²) in [5.74, 6) is -3.24. The molecule has 3 rings (SSSR count). The van der Waals surface area contributed by atoms with E-state index in [2.05, 4.69) is 0 Å². The Morgan fingerprint density at radius 1 is 1.07 bits per heavy atom. The molecule has 0 spiro atoms. The topological polar surface area (TPSA) is 70.2 Å². The number of cyclic esters (lactones) is 1. The van der Waals surface area contributed by atoms with E-state index in [9.17, 15) is 23.2 Å². The van der Waals surface area contributed by atoms with E-state index in [1.54, 1.807) is 18.7 Å². The summed E-state index contributed by atoms with van der Waals surface area (Å²) in [6.07, 6.45) is 1.43. The van der Waals surface area contributed by atoms with Crippen molar-refractivity contribution in [2.24, 2.45) is 0 Å². The highest BCUT2D eigenvalue weighted by Gasteiger charge is 2.35. The van der Waals surface area contributed by atoms with Crippen LogP contribution in [0.3, 0.4) is 0 Å². The van der Waals surface area contributed by atoms with Gasteiger partial charge in [-0.2, -0.15) is 0 Å². The number of ether oxygens (including phenoxy) is 1. The summed E-state index contributed by atoms with van der Waals surface area (Å²) in [7, 11) is 0. The minimum atomic E-state index is -0.918. The van der Waals surface area contributed by atoms with Crippen molar-refractivity contribution >= 4 is 17.9 Å². The van der Waals surface area contributed by atoms with E-state index in [0.717, 1.165) is 18.6 Å². The number of piperidine rings is 1. The second-order valence-corrected chi connectivity index (χ2v) is 7.44. The number of carbonyl (C=O) groups is 3. The fraction of sp³-hybridized carbons (Fsp3) is 0.571. The Balaban J connectivity index is 1.80. The second-order valence-electron chi connectivity index (χ2n) is 7.44. The fourth-order valence-electron chi connectivity index (χ4n) is 4.08. The van der Waals surface area contributed by atoms with Gasteiger partial charge in [-0.15, -0.1) is 0 Å². The van der Waals surface area contributed by atoms with Crippen LogP contribution >= 0.6 is 0 Å². The molecule has 2 saturated heterocycles. The van der Waals surface area contributed by atoms with Crippen LogP contribution in [0, 0.1) is 11.6 Å². The number of likely N-dealkylation sites (tertiary alicyclic amines) is 1. The summed E-state index contributed by atoms with van der Waals surface area (Å²) in [6.45, 7) is 5.68. The smallest absolute Gasteiger partial charge is 0.410 e. The zero-order valence-electron chi connectivity index (χ0n) is 17.3. The first kappa shape index (κ1) is 22.0. The molecule has 3 amide bonds. The molecule has 2 aliphatic rings. The van der Waals surface area contributed by atoms with Crippen molar-refractivity contribution in [3.8, 4) is 0 Å². The third-order valence-electron chi connectivity index (χ3n) is 5.78. The maximum atomic E-state index is 14.6. The lowest BCUT2D eigenvalue weighted by molar-refractivity contribution is 0.0353. The van der Waals surface area contributed by atoms with Crippen LogP contribution in [0.15, 0.2) is 12.1 Å². The first-order valence-electron chi connectivity index (χ1n) is 10.4. The van der Waals surface area contributed by atoms with E-state index in [-0.39, 0.29) is 25.2 Å². The summed E-state index contributed by atoms with van der Waals surface area (Å²) in [4.78, 5) is 42.2. The van der Waals surface area contributed by atoms with Crippen LogP contribution in [0.25, 0.3) is 0 Å². The van der Waals surface area contributed by atoms with Crippen molar-refractivity contribution in [2.45, 2.75) is 39.2 Å². The van der Waals surface area contributed by atoms with E-state index in [1.807, 2.05) is 0 Å². The lowest BCUT2D eigenvalue weighted by Gasteiger charge is -2.39. The van der Waals surface area contributed by atoms with Gasteiger partial charge in [0.2, 0.25) is 0 Å². The van der Waals surface area contributed by atoms with Gasteiger partial charge in [-0.3, -0.25) is 9.59 Å². The molecular formula is C21H27F2N3O4. The fourth-order valence-corrected chi connectivity index (χ4v) is 4.08. The number of hydrogen-bond donors (Lipinski definition) is 0. The van der Waals surface area contributed by atoms with Crippen LogP contribution in [0.2, 0.25) is 0 Å². The Morgan fingerprint density at radius 3 is 2.23 bits per heavy atom. The maximum absolute atomic E-state index is 14.6. The largest absolute Gasteiger partial charge is 0.449 e. The quantitative estimate of drug-likeness (QED) is 0.730. The van der Waals surface area contributed by atoms with Gasteiger partial charge in [-0.25, -0.2) is 13.6 Å². The van der Waals surface area contributed by atoms with E-state index < -0.39 is 34.6 Å². The van der Waals surface area contributed by atoms with Gasteiger partial charge in [0.15, 0.2) is 0 Å². The molecule has 30 heavy (non-hydrogen) atoms. The standard InChI is InChI=1S/C21H27F2N3O4/c1-3-24(4-2)19(27)17-15(22)6-7-16(23)18(17)20(28)25-11-8-14(9-12-25)26-10-5-13-30-21(26)29/h6-7,14H,3-5,8-13H2,1-2H3. The van der Waals surface area contributed by atoms with Crippen LogP contribution < -0.4 is 0 Å². The van der Waals surface area contributed by atoms with Crippen LogP contribution in [0.5, 0.6) is 0 Å². The minimum Gasteiger partial charge on any atom is -0.449 e. The first-order chi connectivity index (χ1) is 14.4. The van der Waals surface area contributed by atoms with Crippen molar-refractivity contribution in [3.05, 3.63) is 34.9 Å². The van der Waals surface area contributed by atoms with Gasteiger partial charge in [0.25, 0.3) is 11.8 Å². The molecule has 9 heteroatoms. The molecule has 2 heterocycles. The first-order valence-corrected chi connectivity index (χ1v) is 10.4. The zero-order valence-corrected chi connectivity index (χ0v) is 17.3. The van der Waals surface area contributed by atoms with Crippen molar-refractivity contribution < 1.29 is 27.9 Å². The predicted molar refractivity (Wildman–Crippen MR) is 105 cm³/mol. The SMILES string of the molecule is CCN(CC)C(=O)c1c(F)ccc(F)c1C(=O)N1CCC(N2CCCOC2=O)CC1. The van der Waals surface area contributed by atoms with Gasteiger partial charge < -0.3 is 19.4 Å². The zero-order chi connectivity index (χ0) is 21.8. The molecule has 0 unspecified atom stereocenters. The average Bonchev–Trinajstić information content (AvgIpc) is 2.76. The number of carbonyl (C=O) groups excluding carboxylic acids is 3. The molecule has 2 fully saturated rings. The van der Waals surface area contributed by atoms with E-state index in [4.69, 9.17) is 4.74 Å². The highest BCUT2D eigenvalue weighted by Crippen LogP contribution is 2.25. The molecule has 0 aromatic heterocycles. The van der Waals surface area contributed by atoms with Gasteiger partial charge >= 0.3 is 6.09 Å². The molecule has 7 nitrogen and oxygen atoms in total. The lowest BCUT2D eigenvalue weighted by atomic mass is 9.99. The number of rotatable bonds is 5. The van der Waals surface area contributed by atoms with E-state index >= 15 is 0 Å².